The van der Waals surface area contributed by atoms with Gasteiger partial charge in [-0.2, -0.15) is 0 Å². The van der Waals surface area contributed by atoms with Crippen LogP contribution in [0.3, 0.4) is 0 Å². The minimum Gasteiger partial charge on any atom is -0.504 e. The molecular weight excluding hydrogens is 404 g/mol. The lowest BCUT2D eigenvalue weighted by Gasteiger charge is -2.23. The monoisotopic (exact) mass is 432 g/mol. The summed E-state index contributed by atoms with van der Waals surface area (Å²) in [5.41, 5.74) is 1.15. The molecule has 1 fully saturated rings. The van der Waals surface area contributed by atoms with E-state index in [4.69, 9.17) is 18.9 Å². The summed E-state index contributed by atoms with van der Waals surface area (Å²) in [6.07, 6.45) is -0.879. The van der Waals surface area contributed by atoms with Crippen LogP contribution in [0.4, 0.5) is 0 Å². The molecule has 0 unspecified atom stereocenters. The van der Waals surface area contributed by atoms with E-state index in [2.05, 4.69) is 0 Å². The molecule has 1 saturated heterocycles. The molecule has 0 saturated carbocycles. The summed E-state index contributed by atoms with van der Waals surface area (Å²) in [4.78, 5) is 12.4. The van der Waals surface area contributed by atoms with Crippen molar-refractivity contribution >= 4 is 5.97 Å². The van der Waals surface area contributed by atoms with E-state index in [1.54, 1.807) is 24.3 Å². The van der Waals surface area contributed by atoms with Crippen LogP contribution < -0.4 is 14.2 Å². The van der Waals surface area contributed by atoms with E-state index in [1.165, 1.54) is 20.3 Å². The molecule has 3 rings (SSSR count). The Labute approximate surface area is 180 Å². The predicted octanol–water partition coefficient (Wildman–Crippen LogP) is 2.97. The van der Waals surface area contributed by atoms with Crippen LogP contribution >= 0.6 is 0 Å². The van der Waals surface area contributed by atoms with E-state index in [9.17, 15) is 20.1 Å². The van der Waals surface area contributed by atoms with Crippen LogP contribution in [0, 0.1) is 11.8 Å². The third kappa shape index (κ3) is 4.80. The third-order valence-electron chi connectivity index (χ3n) is 5.33. The van der Waals surface area contributed by atoms with Gasteiger partial charge in [0.25, 0.3) is 0 Å². The average Bonchev–Trinajstić information content (AvgIpc) is 3.09. The summed E-state index contributed by atoms with van der Waals surface area (Å²) in [6, 6.07) is 7.94. The van der Waals surface area contributed by atoms with Crippen LogP contribution in [-0.4, -0.2) is 48.2 Å². The van der Waals surface area contributed by atoms with Gasteiger partial charge in [-0.25, -0.2) is 0 Å². The smallest absolute Gasteiger partial charge is 0.309 e. The Morgan fingerprint density at radius 1 is 1.06 bits per heavy atom. The van der Waals surface area contributed by atoms with Crippen molar-refractivity contribution in [3.8, 4) is 28.7 Å². The van der Waals surface area contributed by atoms with Gasteiger partial charge in [-0.1, -0.05) is 6.07 Å². The van der Waals surface area contributed by atoms with Crippen molar-refractivity contribution in [2.75, 3.05) is 20.8 Å². The first-order chi connectivity index (χ1) is 14.7. The molecule has 3 atom stereocenters. The summed E-state index contributed by atoms with van der Waals surface area (Å²) >= 11 is 0. The Kier molecular flexibility index (Phi) is 6.80. The number of methoxy groups -OCH3 is 2. The molecule has 1 heterocycles. The van der Waals surface area contributed by atoms with E-state index in [-0.39, 0.29) is 42.1 Å². The Bertz CT molecular complexity index is 914. The summed E-state index contributed by atoms with van der Waals surface area (Å²) in [5.74, 6) is -0.994. The fraction of sp³-hybridized carbons (Fsp3) is 0.435. The molecule has 0 radical (unpaired) electrons. The number of hydrogen-bond donors (Lipinski definition) is 3. The van der Waals surface area contributed by atoms with Crippen molar-refractivity contribution in [1.29, 1.82) is 0 Å². The van der Waals surface area contributed by atoms with Crippen LogP contribution in [0.25, 0.3) is 0 Å². The molecule has 1 aliphatic rings. The molecule has 168 valence electrons. The molecule has 3 N–H and O–H groups in total. The van der Waals surface area contributed by atoms with Gasteiger partial charge in [-0.15, -0.1) is 0 Å². The molecule has 0 amide bonds. The van der Waals surface area contributed by atoms with Crippen molar-refractivity contribution in [2.45, 2.75) is 32.5 Å². The molecule has 8 nitrogen and oxygen atoms in total. The Hall–Kier alpha value is -3.13. The van der Waals surface area contributed by atoms with Crippen molar-refractivity contribution < 1.29 is 39.1 Å². The minimum atomic E-state index is -1.03. The number of carbonyl (C=O) groups is 1. The van der Waals surface area contributed by atoms with Crippen LogP contribution in [-0.2, 0) is 16.0 Å². The first-order valence-electron chi connectivity index (χ1n) is 10.0. The van der Waals surface area contributed by atoms with Gasteiger partial charge in [0.05, 0.1) is 39.0 Å². The van der Waals surface area contributed by atoms with Gasteiger partial charge >= 0.3 is 5.97 Å². The van der Waals surface area contributed by atoms with Gasteiger partial charge in [0.2, 0.25) is 5.75 Å². The van der Waals surface area contributed by atoms with E-state index >= 15 is 0 Å². The standard InChI is InChI=1S/C23H28O8/c1-12(2)31-18-6-5-14(10-17(18)24)21(25)16-11-30-23(27)15(16)7-13-8-19(28-3)22(26)20(9-13)29-4/h5-6,8-10,12,15-16,21,24-26H,7,11H2,1-4H3/t15-,16+,21-/m0/s1. The maximum Gasteiger partial charge on any atom is 0.309 e. The number of cyclic esters (lactones) is 1. The van der Waals surface area contributed by atoms with Crippen LogP contribution in [0.5, 0.6) is 28.7 Å². The second kappa shape index (κ2) is 9.34. The normalized spacial score (nSPS) is 19.2. The van der Waals surface area contributed by atoms with Gasteiger partial charge in [0.15, 0.2) is 23.0 Å². The summed E-state index contributed by atoms with van der Waals surface area (Å²) in [5, 5.41) is 31.3. The average molecular weight is 432 g/mol. The van der Waals surface area contributed by atoms with Crippen LogP contribution in [0.15, 0.2) is 30.3 Å². The van der Waals surface area contributed by atoms with Crippen molar-refractivity contribution in [1.82, 2.24) is 0 Å². The maximum absolute atomic E-state index is 12.4. The van der Waals surface area contributed by atoms with E-state index < -0.39 is 23.9 Å². The highest BCUT2D eigenvalue weighted by atomic mass is 16.5. The second-order valence-corrected chi connectivity index (χ2v) is 7.79. The molecule has 2 aromatic rings. The molecule has 0 bridgehead atoms. The van der Waals surface area contributed by atoms with Crippen molar-refractivity contribution in [2.24, 2.45) is 11.8 Å². The lowest BCUT2D eigenvalue weighted by atomic mass is 9.83. The number of aliphatic hydroxyl groups excluding tert-OH is 1. The molecule has 1 aliphatic heterocycles. The lowest BCUT2D eigenvalue weighted by Crippen LogP contribution is -2.24. The highest BCUT2D eigenvalue weighted by Gasteiger charge is 2.42. The second-order valence-electron chi connectivity index (χ2n) is 7.79. The van der Waals surface area contributed by atoms with Crippen molar-refractivity contribution in [3.63, 3.8) is 0 Å². The largest absolute Gasteiger partial charge is 0.504 e. The summed E-state index contributed by atoms with van der Waals surface area (Å²) in [7, 11) is 2.85. The van der Waals surface area contributed by atoms with Crippen molar-refractivity contribution in [3.05, 3.63) is 41.5 Å². The number of aromatic hydroxyl groups is 2. The number of esters is 1. The number of carbonyl (C=O) groups excluding carboxylic acids is 1. The van der Waals surface area contributed by atoms with Gasteiger partial charge in [-0.05, 0) is 55.7 Å². The number of aliphatic hydroxyl groups is 1. The fourth-order valence-corrected chi connectivity index (χ4v) is 3.76. The van der Waals surface area contributed by atoms with E-state index in [0.29, 0.717) is 16.9 Å². The quantitative estimate of drug-likeness (QED) is 0.546. The van der Waals surface area contributed by atoms with Gasteiger partial charge in [0.1, 0.15) is 0 Å². The van der Waals surface area contributed by atoms with E-state index in [0.717, 1.165) is 0 Å². The minimum absolute atomic E-state index is 0.0576. The molecule has 0 aromatic heterocycles. The molecular formula is C23H28O8. The molecule has 0 aliphatic carbocycles. The highest BCUT2D eigenvalue weighted by Crippen LogP contribution is 2.41. The Balaban J connectivity index is 1.84. The lowest BCUT2D eigenvalue weighted by molar-refractivity contribution is -0.141. The molecule has 8 heteroatoms. The topological polar surface area (TPSA) is 115 Å². The number of benzene rings is 2. The van der Waals surface area contributed by atoms with Crippen LogP contribution in [0.1, 0.15) is 31.1 Å². The Morgan fingerprint density at radius 2 is 1.71 bits per heavy atom. The van der Waals surface area contributed by atoms with Gasteiger partial charge in [0, 0.05) is 5.92 Å². The third-order valence-corrected chi connectivity index (χ3v) is 5.33. The number of phenols is 2. The van der Waals surface area contributed by atoms with Crippen LogP contribution in [0.2, 0.25) is 0 Å². The highest BCUT2D eigenvalue weighted by molar-refractivity contribution is 5.75. The SMILES string of the molecule is COc1cc(C[C@@H]2C(=O)OC[C@H]2[C@@H](O)c2ccc(OC(C)C)c(O)c2)cc(OC)c1O. The number of ether oxygens (including phenoxy) is 4. The fourth-order valence-electron chi connectivity index (χ4n) is 3.76. The van der Waals surface area contributed by atoms with E-state index in [1.807, 2.05) is 13.8 Å². The maximum atomic E-state index is 12.4. The van der Waals surface area contributed by atoms with Gasteiger partial charge in [-0.3, -0.25) is 4.79 Å². The van der Waals surface area contributed by atoms with Gasteiger partial charge < -0.3 is 34.3 Å². The zero-order valence-corrected chi connectivity index (χ0v) is 18.0. The number of hydrogen-bond acceptors (Lipinski definition) is 8. The first-order valence-corrected chi connectivity index (χ1v) is 10.0. The molecule has 31 heavy (non-hydrogen) atoms. The predicted molar refractivity (Wildman–Crippen MR) is 112 cm³/mol. The zero-order chi connectivity index (χ0) is 22.7. The molecule has 0 spiro atoms. The summed E-state index contributed by atoms with van der Waals surface area (Å²) in [6.45, 7) is 3.76. The summed E-state index contributed by atoms with van der Waals surface area (Å²) < 4.78 is 21.1. The molecule has 2 aromatic carbocycles. The zero-order valence-electron chi connectivity index (χ0n) is 18.0. The first kappa shape index (κ1) is 22.6. The Morgan fingerprint density at radius 3 is 2.26 bits per heavy atom. The number of phenolic OH excluding ortho intramolecular Hbond substituents is 2. The number of rotatable bonds is 8.